The first-order valence-electron chi connectivity index (χ1n) is 9.69. The normalized spacial score (nSPS) is 10.4. The second-order valence-electron chi connectivity index (χ2n) is 5.91. The van der Waals surface area contributed by atoms with Crippen LogP contribution in [0.5, 0.6) is 0 Å². The number of carboxylic acids is 2. The Labute approximate surface area is 218 Å². The largest absolute Gasteiger partial charge is 0.490 e. The molecule has 0 rings (SSSR count). The first-order valence-corrected chi connectivity index (χ1v) is 12.2. The van der Waals surface area contributed by atoms with Crippen molar-refractivity contribution in [2.45, 2.75) is 12.4 Å². The van der Waals surface area contributed by atoms with E-state index < -0.39 is 24.3 Å². The number of carbonyl (C=O) groups is 6. The summed E-state index contributed by atoms with van der Waals surface area (Å²) in [6.07, 6.45) is -10.2. The third-order valence-electron chi connectivity index (χ3n) is 2.85. The van der Waals surface area contributed by atoms with E-state index in [1.165, 1.54) is 0 Å². The number of hydrogen-bond acceptors (Lipinski definition) is 10. The smallest absolute Gasteiger partial charge is 0.475 e. The molecule has 0 saturated carbocycles. The topological polar surface area (TPSA) is 243 Å². The zero-order chi connectivity index (χ0) is 30.4. The van der Waals surface area contributed by atoms with Gasteiger partial charge in [-0.2, -0.15) is 26.3 Å². The molecular weight excluding hydrogens is 582 g/mol. The number of hydrogen-bond donors (Lipinski definition) is 8. The van der Waals surface area contributed by atoms with Gasteiger partial charge in [-0.25, -0.2) is 9.59 Å². The predicted octanol–water partition coefficient (Wildman–Crippen LogP) is -1.98. The van der Waals surface area contributed by atoms with Crippen molar-refractivity contribution in [2.24, 2.45) is 11.5 Å². The molecule has 0 aromatic rings. The number of rotatable bonds is 13. The molecule has 222 valence electrons. The lowest BCUT2D eigenvalue weighted by molar-refractivity contribution is -0.193. The first-order chi connectivity index (χ1) is 17.4. The molecule has 0 spiro atoms. The van der Waals surface area contributed by atoms with E-state index in [0.717, 1.165) is 0 Å². The monoisotopic (exact) mass is 608 g/mol. The highest BCUT2D eigenvalue weighted by Gasteiger charge is 2.38. The van der Waals surface area contributed by atoms with Crippen molar-refractivity contribution in [1.82, 2.24) is 21.3 Å². The number of aliphatic carboxylic acids is 2. The molecule has 4 amide bonds. The van der Waals surface area contributed by atoms with Crippen molar-refractivity contribution in [1.29, 1.82) is 0 Å². The number of halogens is 6. The summed E-state index contributed by atoms with van der Waals surface area (Å²) in [4.78, 5) is 62.2. The number of carbonyl (C=O) groups excluding carboxylic acids is 4. The van der Waals surface area contributed by atoms with Crippen molar-refractivity contribution < 1.29 is 65.3 Å². The lowest BCUT2D eigenvalue weighted by Crippen LogP contribution is -2.40. The standard InChI is InChI=1S/C12H24N6O4S2.2C2HF3O2/c13-5-9(19)17-7-11(21)15-1-3-23-24-4-2-16-12(22)8-18-10(20)6-14;2*3-2(4,5)1(6)7/h1-8,13-14H2,(H,15,21)(H,16,22)(H,17,19)(H,18,20);2*(H,6,7). The predicted molar refractivity (Wildman–Crippen MR) is 122 cm³/mol. The highest BCUT2D eigenvalue weighted by molar-refractivity contribution is 8.76. The van der Waals surface area contributed by atoms with Gasteiger partial charge in [-0.1, -0.05) is 21.6 Å². The van der Waals surface area contributed by atoms with Gasteiger partial charge in [-0.05, 0) is 0 Å². The van der Waals surface area contributed by atoms with E-state index in [-0.39, 0.29) is 49.8 Å². The Bertz CT molecular complexity index is 712. The Balaban J connectivity index is -0.000000710. The summed E-state index contributed by atoms with van der Waals surface area (Å²) >= 11 is 0. The van der Waals surface area contributed by atoms with Crippen LogP contribution in [0.3, 0.4) is 0 Å². The minimum absolute atomic E-state index is 0.0828. The van der Waals surface area contributed by atoms with E-state index in [0.29, 0.717) is 24.6 Å². The Morgan fingerprint density at radius 3 is 1.05 bits per heavy atom. The maximum Gasteiger partial charge on any atom is 0.490 e. The molecule has 0 radical (unpaired) electrons. The quantitative estimate of drug-likeness (QED) is 0.0644. The van der Waals surface area contributed by atoms with Gasteiger partial charge in [0.05, 0.1) is 26.2 Å². The summed E-state index contributed by atoms with van der Waals surface area (Å²) in [5.74, 6) is -5.41. The zero-order valence-electron chi connectivity index (χ0n) is 19.2. The molecule has 22 heteroatoms. The lowest BCUT2D eigenvalue weighted by atomic mass is 10.5. The van der Waals surface area contributed by atoms with Gasteiger partial charge in [-0.3, -0.25) is 19.2 Å². The van der Waals surface area contributed by atoms with Crippen LogP contribution < -0.4 is 32.7 Å². The number of alkyl halides is 6. The van der Waals surface area contributed by atoms with E-state index in [4.69, 9.17) is 31.3 Å². The van der Waals surface area contributed by atoms with Gasteiger partial charge in [0.25, 0.3) is 0 Å². The highest BCUT2D eigenvalue weighted by Crippen LogP contribution is 2.19. The van der Waals surface area contributed by atoms with Gasteiger partial charge in [0.1, 0.15) is 0 Å². The zero-order valence-corrected chi connectivity index (χ0v) is 20.9. The summed E-state index contributed by atoms with van der Waals surface area (Å²) in [7, 11) is 3.11. The molecule has 0 aromatic carbocycles. The SMILES string of the molecule is NCC(=O)NCC(=O)NCCSSCCNC(=O)CNC(=O)CN.O=C(O)C(F)(F)F.O=C(O)C(F)(F)F. The Morgan fingerprint density at radius 1 is 0.579 bits per heavy atom. The highest BCUT2D eigenvalue weighted by atomic mass is 33.1. The van der Waals surface area contributed by atoms with E-state index in [2.05, 4.69) is 21.3 Å². The fraction of sp³-hybridized carbons (Fsp3) is 0.625. The number of carboxylic acid groups (broad SMARTS) is 2. The van der Waals surface area contributed by atoms with Crippen LogP contribution in [0.1, 0.15) is 0 Å². The molecule has 0 fully saturated rings. The molecule has 0 saturated heterocycles. The van der Waals surface area contributed by atoms with Crippen LogP contribution in [-0.2, 0) is 28.8 Å². The lowest BCUT2D eigenvalue weighted by Gasteiger charge is -2.07. The minimum atomic E-state index is -5.08. The molecule has 0 unspecified atom stereocenters. The van der Waals surface area contributed by atoms with Gasteiger partial charge in [0.2, 0.25) is 23.6 Å². The molecular formula is C16H26F6N6O8S2. The van der Waals surface area contributed by atoms with E-state index in [1.807, 2.05) is 0 Å². The second-order valence-corrected chi connectivity index (χ2v) is 8.61. The Morgan fingerprint density at radius 2 is 0.842 bits per heavy atom. The molecule has 0 aliphatic rings. The maximum atomic E-state index is 11.3. The van der Waals surface area contributed by atoms with E-state index >= 15 is 0 Å². The van der Waals surface area contributed by atoms with E-state index in [9.17, 15) is 45.5 Å². The molecule has 0 heterocycles. The summed E-state index contributed by atoms with van der Waals surface area (Å²) in [6, 6.07) is 0. The number of nitrogens with one attached hydrogen (secondary N) is 4. The number of nitrogens with two attached hydrogens (primary N) is 2. The fourth-order valence-electron chi connectivity index (χ4n) is 1.21. The molecule has 0 aliphatic carbocycles. The van der Waals surface area contributed by atoms with Crippen LogP contribution in [0.4, 0.5) is 26.3 Å². The average molecular weight is 609 g/mol. The fourth-order valence-corrected chi connectivity index (χ4v) is 3.02. The Hall–Kier alpha value is -2.98. The molecule has 0 aliphatic heterocycles. The minimum Gasteiger partial charge on any atom is -0.475 e. The second kappa shape index (κ2) is 22.0. The van der Waals surface area contributed by atoms with Crippen molar-refractivity contribution in [3.8, 4) is 0 Å². The van der Waals surface area contributed by atoms with Crippen LogP contribution in [0.15, 0.2) is 0 Å². The average Bonchev–Trinajstić information content (AvgIpc) is 2.81. The van der Waals surface area contributed by atoms with Crippen LogP contribution >= 0.6 is 21.6 Å². The van der Waals surface area contributed by atoms with Crippen LogP contribution in [0.2, 0.25) is 0 Å². The maximum absolute atomic E-state index is 11.3. The Kier molecular flexibility index (Phi) is 22.9. The molecule has 10 N–H and O–H groups in total. The van der Waals surface area contributed by atoms with Gasteiger partial charge in [0.15, 0.2) is 0 Å². The molecule has 0 atom stereocenters. The van der Waals surface area contributed by atoms with Gasteiger partial charge < -0.3 is 42.9 Å². The summed E-state index contributed by atoms with van der Waals surface area (Å²) in [5, 5.41) is 24.3. The molecule has 38 heavy (non-hydrogen) atoms. The van der Waals surface area contributed by atoms with Crippen LogP contribution in [0.25, 0.3) is 0 Å². The van der Waals surface area contributed by atoms with Crippen molar-refractivity contribution in [3.63, 3.8) is 0 Å². The summed E-state index contributed by atoms with van der Waals surface area (Å²) in [5.41, 5.74) is 10.2. The van der Waals surface area contributed by atoms with E-state index in [1.54, 1.807) is 21.6 Å². The van der Waals surface area contributed by atoms with Crippen molar-refractivity contribution in [3.05, 3.63) is 0 Å². The molecule has 14 nitrogen and oxygen atoms in total. The molecule has 0 aromatic heterocycles. The summed E-state index contributed by atoms with van der Waals surface area (Å²) < 4.78 is 63.5. The number of amides is 4. The first kappa shape index (κ1) is 39.5. The summed E-state index contributed by atoms with van der Waals surface area (Å²) in [6.45, 7) is 0.505. The van der Waals surface area contributed by atoms with Crippen molar-refractivity contribution in [2.75, 3.05) is 50.8 Å². The van der Waals surface area contributed by atoms with Crippen LogP contribution in [-0.4, -0.2) is 109 Å². The third-order valence-corrected chi connectivity index (χ3v) is 5.25. The third kappa shape index (κ3) is 29.3. The van der Waals surface area contributed by atoms with Crippen molar-refractivity contribution >= 4 is 57.2 Å². The van der Waals surface area contributed by atoms with Gasteiger partial charge in [0, 0.05) is 24.6 Å². The van der Waals surface area contributed by atoms with Gasteiger partial charge in [-0.15, -0.1) is 0 Å². The molecule has 0 bridgehead atoms. The van der Waals surface area contributed by atoms with Crippen LogP contribution in [0, 0.1) is 0 Å². The van der Waals surface area contributed by atoms with Gasteiger partial charge >= 0.3 is 24.3 Å².